The van der Waals surface area contributed by atoms with Crippen LogP contribution in [-0.4, -0.2) is 58.6 Å². The van der Waals surface area contributed by atoms with Gasteiger partial charge in [-0.25, -0.2) is 14.8 Å². The first kappa shape index (κ1) is 19.0. The summed E-state index contributed by atoms with van der Waals surface area (Å²) in [6, 6.07) is 7.09. The number of likely N-dealkylation sites (tertiary alicyclic amines) is 1. The van der Waals surface area contributed by atoms with Crippen molar-refractivity contribution in [1.29, 1.82) is 0 Å². The van der Waals surface area contributed by atoms with Crippen molar-refractivity contribution in [3.63, 3.8) is 0 Å². The summed E-state index contributed by atoms with van der Waals surface area (Å²) in [6.07, 6.45) is 4.66. The van der Waals surface area contributed by atoms with Crippen LogP contribution in [0.3, 0.4) is 0 Å². The van der Waals surface area contributed by atoms with E-state index in [1.54, 1.807) is 35.5 Å². The molecule has 1 saturated heterocycles. The summed E-state index contributed by atoms with van der Waals surface area (Å²) in [5.41, 5.74) is 1.09. The number of piperidine rings is 1. The molecule has 1 aliphatic rings. The van der Waals surface area contributed by atoms with Crippen molar-refractivity contribution in [1.82, 2.24) is 19.4 Å². The van der Waals surface area contributed by atoms with Gasteiger partial charge in [0.05, 0.1) is 12.1 Å². The highest BCUT2D eigenvalue weighted by molar-refractivity contribution is 5.79. The third-order valence-corrected chi connectivity index (χ3v) is 4.95. The molecule has 1 aliphatic heterocycles. The predicted molar refractivity (Wildman–Crippen MR) is 107 cm³/mol. The van der Waals surface area contributed by atoms with Crippen LogP contribution >= 0.6 is 0 Å². The van der Waals surface area contributed by atoms with E-state index < -0.39 is 5.76 Å². The van der Waals surface area contributed by atoms with Gasteiger partial charge in [-0.05, 0) is 25.0 Å². The second-order valence-electron chi connectivity index (χ2n) is 7.22. The van der Waals surface area contributed by atoms with Crippen molar-refractivity contribution in [3.8, 4) is 5.88 Å². The largest absolute Gasteiger partial charge is 0.470 e. The number of carbonyl (C=O) groups is 1. The fourth-order valence-corrected chi connectivity index (χ4v) is 3.53. The van der Waals surface area contributed by atoms with E-state index in [0.29, 0.717) is 35.9 Å². The van der Waals surface area contributed by atoms with Crippen molar-refractivity contribution in [3.05, 3.63) is 47.2 Å². The van der Waals surface area contributed by atoms with Crippen LogP contribution in [0.4, 0.5) is 5.82 Å². The van der Waals surface area contributed by atoms with Gasteiger partial charge in [-0.1, -0.05) is 12.1 Å². The molecule has 1 amide bonds. The lowest BCUT2D eigenvalue weighted by atomic mass is 10.1. The number of carbonyl (C=O) groups excluding carboxylic acids is 1. The lowest BCUT2D eigenvalue weighted by molar-refractivity contribution is -0.134. The molecule has 0 aliphatic carbocycles. The van der Waals surface area contributed by atoms with Crippen LogP contribution in [0.15, 0.2) is 45.9 Å². The van der Waals surface area contributed by atoms with E-state index >= 15 is 0 Å². The zero-order valence-corrected chi connectivity index (χ0v) is 16.4. The Kier molecular flexibility index (Phi) is 5.20. The van der Waals surface area contributed by atoms with Gasteiger partial charge in [0, 0.05) is 33.0 Å². The summed E-state index contributed by atoms with van der Waals surface area (Å²) in [7, 11) is 3.75. The minimum absolute atomic E-state index is 0.0589. The Bertz CT molecular complexity index is 1070. The number of amides is 1. The number of hydrogen-bond acceptors (Lipinski definition) is 7. The second-order valence-corrected chi connectivity index (χ2v) is 7.22. The fraction of sp³-hybridized carbons (Fsp3) is 0.400. The fourth-order valence-electron chi connectivity index (χ4n) is 3.53. The molecule has 0 spiro atoms. The summed E-state index contributed by atoms with van der Waals surface area (Å²) < 4.78 is 12.6. The number of rotatable bonds is 5. The molecule has 1 atom stereocenters. The van der Waals surface area contributed by atoms with E-state index in [2.05, 4.69) is 9.97 Å². The van der Waals surface area contributed by atoms with Gasteiger partial charge in [-0.2, -0.15) is 0 Å². The predicted octanol–water partition coefficient (Wildman–Crippen LogP) is 1.52. The minimum atomic E-state index is -0.528. The lowest BCUT2D eigenvalue weighted by Crippen LogP contribution is -2.46. The number of nitrogens with zero attached hydrogens (tertiary/aromatic N) is 5. The number of oxazole rings is 1. The first-order valence-corrected chi connectivity index (χ1v) is 9.54. The SMILES string of the molecule is CN(C)c1nccnc1O[C@H]1CCCN(C(=O)Cn2c(=O)oc3ccccc32)C1. The third-order valence-electron chi connectivity index (χ3n) is 4.95. The molecule has 4 rings (SSSR count). The molecule has 9 nitrogen and oxygen atoms in total. The molecule has 152 valence electrons. The smallest absolute Gasteiger partial charge is 0.420 e. The van der Waals surface area contributed by atoms with Gasteiger partial charge in [-0.3, -0.25) is 9.36 Å². The molecule has 0 bridgehead atoms. The van der Waals surface area contributed by atoms with E-state index in [-0.39, 0.29) is 18.6 Å². The van der Waals surface area contributed by atoms with Crippen molar-refractivity contribution in [2.75, 3.05) is 32.1 Å². The Hall–Kier alpha value is -3.36. The summed E-state index contributed by atoms with van der Waals surface area (Å²) in [5, 5.41) is 0. The molecule has 1 fully saturated rings. The highest BCUT2D eigenvalue weighted by Crippen LogP contribution is 2.24. The van der Waals surface area contributed by atoms with Crippen molar-refractivity contribution in [2.24, 2.45) is 0 Å². The minimum Gasteiger partial charge on any atom is -0.470 e. The van der Waals surface area contributed by atoms with Crippen LogP contribution in [0, 0.1) is 0 Å². The van der Waals surface area contributed by atoms with Gasteiger partial charge < -0.3 is 19.0 Å². The topological polar surface area (TPSA) is 93.7 Å². The summed E-state index contributed by atoms with van der Waals surface area (Å²) in [5.74, 6) is 0.430. The molecule has 0 saturated carbocycles. The van der Waals surface area contributed by atoms with Gasteiger partial charge in [0.2, 0.25) is 5.91 Å². The summed E-state index contributed by atoms with van der Waals surface area (Å²) in [4.78, 5) is 37.2. The van der Waals surface area contributed by atoms with Gasteiger partial charge in [0.25, 0.3) is 5.88 Å². The number of ether oxygens (including phenoxy) is 1. The number of para-hydroxylation sites is 2. The molecule has 2 aromatic heterocycles. The molecule has 0 unspecified atom stereocenters. The van der Waals surface area contributed by atoms with Gasteiger partial charge in [-0.15, -0.1) is 0 Å². The van der Waals surface area contributed by atoms with Crippen LogP contribution in [-0.2, 0) is 11.3 Å². The van der Waals surface area contributed by atoms with Crippen LogP contribution < -0.4 is 15.4 Å². The average Bonchev–Trinajstić information content (AvgIpc) is 3.03. The van der Waals surface area contributed by atoms with Crippen LogP contribution in [0.2, 0.25) is 0 Å². The second kappa shape index (κ2) is 7.94. The monoisotopic (exact) mass is 397 g/mol. The Morgan fingerprint density at radius 3 is 2.90 bits per heavy atom. The molecule has 29 heavy (non-hydrogen) atoms. The van der Waals surface area contributed by atoms with E-state index in [4.69, 9.17) is 9.15 Å². The highest BCUT2D eigenvalue weighted by atomic mass is 16.5. The van der Waals surface area contributed by atoms with Gasteiger partial charge >= 0.3 is 5.76 Å². The maximum atomic E-state index is 12.9. The Morgan fingerprint density at radius 2 is 2.07 bits per heavy atom. The number of aromatic nitrogens is 3. The first-order valence-electron chi connectivity index (χ1n) is 9.54. The molecule has 1 aromatic carbocycles. The molecule has 0 N–H and O–H groups in total. The number of hydrogen-bond donors (Lipinski definition) is 0. The quantitative estimate of drug-likeness (QED) is 0.644. The lowest BCUT2D eigenvalue weighted by Gasteiger charge is -2.33. The van der Waals surface area contributed by atoms with Crippen molar-refractivity contribution >= 4 is 22.8 Å². The summed E-state index contributed by atoms with van der Waals surface area (Å²) in [6.45, 7) is 1.01. The Labute approximate surface area is 167 Å². The number of anilines is 1. The number of fused-ring (bicyclic) bond motifs is 1. The molecule has 3 heterocycles. The molecule has 9 heteroatoms. The van der Waals surface area contributed by atoms with Crippen molar-refractivity contribution in [2.45, 2.75) is 25.5 Å². The van der Waals surface area contributed by atoms with E-state index in [9.17, 15) is 9.59 Å². The normalized spacial score (nSPS) is 16.8. The Morgan fingerprint density at radius 1 is 1.28 bits per heavy atom. The first-order chi connectivity index (χ1) is 14.0. The number of benzene rings is 1. The van der Waals surface area contributed by atoms with Crippen LogP contribution in [0.5, 0.6) is 5.88 Å². The Balaban J connectivity index is 1.46. The highest BCUT2D eigenvalue weighted by Gasteiger charge is 2.27. The van der Waals surface area contributed by atoms with Crippen LogP contribution in [0.25, 0.3) is 11.1 Å². The molecular formula is C20H23N5O4. The maximum absolute atomic E-state index is 12.9. The van der Waals surface area contributed by atoms with E-state index in [0.717, 1.165) is 12.8 Å². The van der Waals surface area contributed by atoms with Gasteiger partial charge in [0.15, 0.2) is 11.4 Å². The summed E-state index contributed by atoms with van der Waals surface area (Å²) >= 11 is 0. The van der Waals surface area contributed by atoms with Crippen molar-refractivity contribution < 1.29 is 13.9 Å². The molecule has 0 radical (unpaired) electrons. The average molecular weight is 397 g/mol. The maximum Gasteiger partial charge on any atom is 0.420 e. The standard InChI is InChI=1S/C20H23N5O4/c1-23(2)18-19(22-10-9-21-18)28-14-6-5-11-24(12-14)17(26)13-25-15-7-3-4-8-16(15)29-20(25)27/h3-4,7-10,14H,5-6,11-13H2,1-2H3/t14-/m0/s1. The zero-order chi connectivity index (χ0) is 20.4. The third kappa shape index (κ3) is 3.94. The van der Waals surface area contributed by atoms with Crippen LogP contribution in [0.1, 0.15) is 12.8 Å². The van der Waals surface area contributed by atoms with Gasteiger partial charge in [0.1, 0.15) is 12.6 Å². The van der Waals surface area contributed by atoms with E-state index in [1.165, 1.54) is 4.57 Å². The zero-order valence-electron chi connectivity index (χ0n) is 16.4. The molecular weight excluding hydrogens is 374 g/mol. The molecule has 3 aromatic rings. The van der Waals surface area contributed by atoms with E-state index in [1.807, 2.05) is 25.1 Å².